The van der Waals surface area contributed by atoms with Crippen molar-refractivity contribution < 1.29 is 24.1 Å². The van der Waals surface area contributed by atoms with Crippen LogP contribution in [-0.2, 0) is 11.3 Å². The molecule has 1 fully saturated rings. The zero-order valence-electron chi connectivity index (χ0n) is 17.3. The monoisotopic (exact) mass is 397 g/mol. The van der Waals surface area contributed by atoms with Gasteiger partial charge in [0.15, 0.2) is 18.0 Å². The molecule has 6 nitrogen and oxygen atoms in total. The van der Waals surface area contributed by atoms with E-state index >= 15 is 0 Å². The Bertz CT molecular complexity index is 833. The van der Waals surface area contributed by atoms with Crippen molar-refractivity contribution in [2.45, 2.75) is 26.4 Å². The minimum absolute atomic E-state index is 0.155. The first-order valence-electron chi connectivity index (χ1n) is 10.5. The highest BCUT2D eigenvalue weighted by molar-refractivity contribution is 5.94. The molecule has 29 heavy (non-hydrogen) atoms. The van der Waals surface area contributed by atoms with Crippen molar-refractivity contribution in [2.75, 3.05) is 44.4 Å². The van der Waals surface area contributed by atoms with Crippen molar-refractivity contribution in [1.82, 2.24) is 0 Å². The van der Waals surface area contributed by atoms with E-state index in [1.807, 2.05) is 41.3 Å². The van der Waals surface area contributed by atoms with Crippen LogP contribution in [0.15, 0.2) is 48.5 Å². The first kappa shape index (κ1) is 19.7. The molecule has 6 heteroatoms. The lowest BCUT2D eigenvalue weighted by Crippen LogP contribution is -3.28. The van der Waals surface area contributed by atoms with Crippen molar-refractivity contribution in [2.24, 2.45) is 0 Å². The fourth-order valence-corrected chi connectivity index (χ4v) is 4.27. The van der Waals surface area contributed by atoms with E-state index in [0.29, 0.717) is 13.3 Å². The minimum Gasteiger partial charge on any atom is -0.454 e. The summed E-state index contributed by atoms with van der Waals surface area (Å²) in [5.74, 6) is 1.90. The molecule has 2 aromatic carbocycles. The van der Waals surface area contributed by atoms with Gasteiger partial charge in [-0.15, -0.1) is 0 Å². The van der Waals surface area contributed by atoms with Crippen molar-refractivity contribution in [3.8, 4) is 11.5 Å². The molecule has 4 rings (SSSR count). The standard InChI is InChI=1S/C23H29N3O3/c1-18(2)26(20-6-4-3-5-7-20)23(27)16-25-12-10-24(11-13-25)15-19-8-9-21-22(14-19)29-17-28-21/h3-9,14,18H,10-13,15-17H2,1-2H3/p+2. The number of nitrogens with zero attached hydrogens (tertiary/aromatic N) is 1. The van der Waals surface area contributed by atoms with E-state index in [1.165, 1.54) is 10.5 Å². The lowest BCUT2D eigenvalue weighted by atomic mass is 10.1. The Balaban J connectivity index is 1.29. The lowest BCUT2D eigenvalue weighted by Gasteiger charge is -2.32. The highest BCUT2D eigenvalue weighted by atomic mass is 16.7. The summed E-state index contributed by atoms with van der Waals surface area (Å²) in [4.78, 5) is 17.9. The maximum absolute atomic E-state index is 13.0. The molecule has 0 unspecified atom stereocenters. The number of ether oxygens (including phenoxy) is 2. The molecule has 2 aliphatic rings. The first-order valence-corrected chi connectivity index (χ1v) is 10.5. The van der Waals surface area contributed by atoms with Crippen LogP contribution in [0.4, 0.5) is 5.69 Å². The average molecular weight is 398 g/mol. The summed E-state index contributed by atoms with van der Waals surface area (Å²) in [5, 5.41) is 0. The average Bonchev–Trinajstić information content (AvgIpc) is 3.18. The molecule has 0 spiro atoms. The number of carbonyl (C=O) groups excluding carboxylic acids is 1. The Morgan fingerprint density at radius 1 is 0.966 bits per heavy atom. The molecule has 0 aromatic heterocycles. The zero-order chi connectivity index (χ0) is 20.2. The third-order valence-corrected chi connectivity index (χ3v) is 5.78. The van der Waals surface area contributed by atoms with Crippen LogP contribution < -0.4 is 24.2 Å². The maximum Gasteiger partial charge on any atom is 0.282 e. The van der Waals surface area contributed by atoms with Crippen LogP contribution >= 0.6 is 0 Å². The Morgan fingerprint density at radius 2 is 1.66 bits per heavy atom. The molecule has 1 saturated heterocycles. The summed E-state index contributed by atoms with van der Waals surface area (Å²) in [5.41, 5.74) is 2.26. The number of para-hydroxylation sites is 1. The van der Waals surface area contributed by atoms with Gasteiger partial charge in [0.25, 0.3) is 5.91 Å². The highest BCUT2D eigenvalue weighted by Crippen LogP contribution is 2.32. The number of fused-ring (bicyclic) bond motifs is 1. The van der Waals surface area contributed by atoms with Crippen LogP contribution in [0.1, 0.15) is 19.4 Å². The number of anilines is 1. The van der Waals surface area contributed by atoms with Crippen LogP contribution in [0, 0.1) is 0 Å². The Kier molecular flexibility index (Phi) is 6.02. The molecule has 0 bridgehead atoms. The third kappa shape index (κ3) is 4.71. The zero-order valence-corrected chi connectivity index (χ0v) is 17.3. The predicted octanol–water partition coefficient (Wildman–Crippen LogP) is 0.140. The molecule has 0 radical (unpaired) electrons. The Labute approximate surface area is 172 Å². The van der Waals surface area contributed by atoms with Crippen LogP contribution in [-0.4, -0.2) is 51.5 Å². The second-order valence-electron chi connectivity index (χ2n) is 8.23. The van der Waals surface area contributed by atoms with Gasteiger partial charge in [-0.3, -0.25) is 4.79 Å². The maximum atomic E-state index is 13.0. The summed E-state index contributed by atoms with van der Waals surface area (Å²) < 4.78 is 10.9. The first-order chi connectivity index (χ1) is 14.1. The van der Waals surface area contributed by atoms with Crippen molar-refractivity contribution in [3.63, 3.8) is 0 Å². The smallest absolute Gasteiger partial charge is 0.282 e. The summed E-state index contributed by atoms with van der Waals surface area (Å²) >= 11 is 0. The molecule has 2 N–H and O–H groups in total. The number of hydrogen-bond donors (Lipinski definition) is 2. The number of benzene rings is 2. The molecular formula is C23H31N3O3+2. The lowest BCUT2D eigenvalue weighted by molar-refractivity contribution is -1.02. The van der Waals surface area contributed by atoms with Crippen molar-refractivity contribution in [1.29, 1.82) is 0 Å². The van der Waals surface area contributed by atoms with Gasteiger partial charge in [-0.25, -0.2) is 0 Å². The van der Waals surface area contributed by atoms with Gasteiger partial charge in [0.2, 0.25) is 6.79 Å². The van der Waals surface area contributed by atoms with E-state index in [0.717, 1.165) is 49.9 Å². The highest BCUT2D eigenvalue weighted by Gasteiger charge is 2.28. The number of amides is 1. The van der Waals surface area contributed by atoms with Gasteiger partial charge < -0.3 is 24.2 Å². The van der Waals surface area contributed by atoms with E-state index in [-0.39, 0.29) is 11.9 Å². The normalized spacial score (nSPS) is 20.7. The molecule has 0 saturated carbocycles. The van der Waals surface area contributed by atoms with Gasteiger partial charge in [0.05, 0.1) is 0 Å². The van der Waals surface area contributed by atoms with Gasteiger partial charge in [0, 0.05) is 17.3 Å². The predicted molar refractivity (Wildman–Crippen MR) is 112 cm³/mol. The fraction of sp³-hybridized carbons (Fsp3) is 0.435. The molecule has 2 aliphatic heterocycles. The van der Waals surface area contributed by atoms with E-state index in [1.54, 1.807) is 4.90 Å². The Morgan fingerprint density at radius 3 is 2.38 bits per heavy atom. The second-order valence-corrected chi connectivity index (χ2v) is 8.23. The summed E-state index contributed by atoms with van der Waals surface area (Å²) in [7, 11) is 0. The largest absolute Gasteiger partial charge is 0.454 e. The number of piperazine rings is 1. The van der Waals surface area contributed by atoms with E-state index in [4.69, 9.17) is 9.47 Å². The van der Waals surface area contributed by atoms with Gasteiger partial charge in [-0.05, 0) is 44.2 Å². The van der Waals surface area contributed by atoms with Crippen LogP contribution in [0.3, 0.4) is 0 Å². The Hall–Kier alpha value is -2.57. The second kappa shape index (κ2) is 8.84. The molecule has 1 amide bonds. The number of quaternary nitrogens is 2. The van der Waals surface area contributed by atoms with E-state index < -0.39 is 0 Å². The van der Waals surface area contributed by atoms with Crippen molar-refractivity contribution >= 4 is 11.6 Å². The molecule has 2 aromatic rings. The van der Waals surface area contributed by atoms with E-state index in [9.17, 15) is 4.79 Å². The number of hydrogen-bond acceptors (Lipinski definition) is 3. The summed E-state index contributed by atoms with van der Waals surface area (Å²) in [6.45, 7) is 10.2. The molecule has 0 atom stereocenters. The van der Waals surface area contributed by atoms with E-state index in [2.05, 4.69) is 26.0 Å². The quantitative estimate of drug-likeness (QED) is 0.729. The van der Waals surface area contributed by atoms with Gasteiger partial charge in [0.1, 0.15) is 32.7 Å². The van der Waals surface area contributed by atoms with Crippen LogP contribution in [0.5, 0.6) is 11.5 Å². The van der Waals surface area contributed by atoms with Gasteiger partial charge >= 0.3 is 0 Å². The fourth-order valence-electron chi connectivity index (χ4n) is 4.27. The summed E-state index contributed by atoms with van der Waals surface area (Å²) in [6.07, 6.45) is 0. The third-order valence-electron chi connectivity index (χ3n) is 5.78. The minimum atomic E-state index is 0.155. The van der Waals surface area contributed by atoms with Crippen LogP contribution in [0.2, 0.25) is 0 Å². The van der Waals surface area contributed by atoms with Crippen molar-refractivity contribution in [3.05, 3.63) is 54.1 Å². The molecular weight excluding hydrogens is 366 g/mol. The molecule has 154 valence electrons. The van der Waals surface area contributed by atoms with Crippen LogP contribution in [0.25, 0.3) is 0 Å². The van der Waals surface area contributed by atoms with Gasteiger partial charge in [-0.2, -0.15) is 0 Å². The molecule has 0 aliphatic carbocycles. The topological polar surface area (TPSA) is 47.7 Å². The molecule has 2 heterocycles. The number of carbonyl (C=O) groups is 1. The summed E-state index contributed by atoms with van der Waals surface area (Å²) in [6, 6.07) is 16.4. The van der Waals surface area contributed by atoms with Gasteiger partial charge in [-0.1, -0.05) is 18.2 Å². The SMILES string of the molecule is CC(C)N(C(=O)C[NH+]1CC[NH+](Cc2ccc3c(c2)OCO3)CC1)c1ccccc1. The number of nitrogens with one attached hydrogen (secondary N) is 2. The number of rotatable bonds is 6.